The van der Waals surface area contributed by atoms with Gasteiger partial charge in [-0.2, -0.15) is 0 Å². The third-order valence-corrected chi connectivity index (χ3v) is 3.55. The summed E-state index contributed by atoms with van der Waals surface area (Å²) >= 11 is 0. The number of unbranched alkanes of at least 4 members (excludes halogenated alkanes) is 2. The Morgan fingerprint density at radius 1 is 1.17 bits per heavy atom. The molecule has 6 heteroatoms. The van der Waals surface area contributed by atoms with Crippen LogP contribution in [0, 0.1) is 0 Å². The van der Waals surface area contributed by atoms with Gasteiger partial charge in [0.25, 0.3) is 0 Å². The number of halogens is 1. The molecule has 0 saturated carbocycles. The third-order valence-electron chi connectivity index (χ3n) is 3.55. The van der Waals surface area contributed by atoms with Crippen molar-refractivity contribution in [1.82, 2.24) is 0 Å². The standard InChI is InChI=1S/C17H25NO4.ClH/c1-13(22-12-14-8-4-2-5-9-14)16(19)11-7-3-6-10-15(18)17(20)21;/h2,4-5,8-9,13,15H,3,6-7,10-12,18H2,1H3,(H,20,21);1H. The number of hydrogen-bond donors (Lipinski definition) is 2. The lowest BCUT2D eigenvalue weighted by molar-refractivity contribution is -0.138. The van der Waals surface area contributed by atoms with E-state index in [-0.39, 0.29) is 18.2 Å². The molecule has 5 nitrogen and oxygen atoms in total. The van der Waals surface area contributed by atoms with Gasteiger partial charge in [0.1, 0.15) is 12.1 Å². The lowest BCUT2D eigenvalue weighted by Crippen LogP contribution is -2.29. The maximum absolute atomic E-state index is 11.9. The van der Waals surface area contributed by atoms with E-state index in [9.17, 15) is 9.59 Å². The van der Waals surface area contributed by atoms with E-state index in [0.717, 1.165) is 24.8 Å². The van der Waals surface area contributed by atoms with Crippen LogP contribution in [0.5, 0.6) is 0 Å². The van der Waals surface area contributed by atoms with Crippen LogP contribution in [0.3, 0.4) is 0 Å². The van der Waals surface area contributed by atoms with E-state index in [2.05, 4.69) is 0 Å². The number of carboxylic acid groups (broad SMARTS) is 1. The van der Waals surface area contributed by atoms with Crippen molar-refractivity contribution in [2.75, 3.05) is 0 Å². The third kappa shape index (κ3) is 9.33. The summed E-state index contributed by atoms with van der Waals surface area (Å²) in [6.45, 7) is 2.20. The van der Waals surface area contributed by atoms with Crippen molar-refractivity contribution >= 4 is 24.2 Å². The molecule has 0 heterocycles. The van der Waals surface area contributed by atoms with Gasteiger partial charge >= 0.3 is 5.97 Å². The highest BCUT2D eigenvalue weighted by molar-refractivity contribution is 5.85. The first-order valence-corrected chi connectivity index (χ1v) is 7.67. The first-order valence-electron chi connectivity index (χ1n) is 7.67. The van der Waals surface area contributed by atoms with Crippen molar-refractivity contribution in [2.24, 2.45) is 5.73 Å². The van der Waals surface area contributed by atoms with Crippen LogP contribution in [0.15, 0.2) is 30.3 Å². The summed E-state index contributed by atoms with van der Waals surface area (Å²) in [6.07, 6.45) is 2.76. The quantitative estimate of drug-likeness (QED) is 0.603. The molecule has 0 aliphatic heterocycles. The van der Waals surface area contributed by atoms with Crippen molar-refractivity contribution in [3.63, 3.8) is 0 Å². The van der Waals surface area contributed by atoms with Crippen molar-refractivity contribution in [3.8, 4) is 0 Å². The molecule has 0 aromatic heterocycles. The molecule has 0 fully saturated rings. The van der Waals surface area contributed by atoms with Gasteiger partial charge in [-0.3, -0.25) is 9.59 Å². The van der Waals surface area contributed by atoms with E-state index in [0.29, 0.717) is 19.4 Å². The smallest absolute Gasteiger partial charge is 0.320 e. The molecular formula is C17H26ClNO4. The molecule has 2 unspecified atom stereocenters. The highest BCUT2D eigenvalue weighted by Gasteiger charge is 2.14. The number of Topliss-reactive ketones (excluding diaryl/α,β-unsaturated/α-hetero) is 1. The first kappa shape index (κ1) is 21.6. The fourth-order valence-electron chi connectivity index (χ4n) is 2.06. The van der Waals surface area contributed by atoms with Crippen LogP contribution in [0.4, 0.5) is 0 Å². The predicted octanol–water partition coefficient (Wildman–Crippen LogP) is 2.95. The molecule has 1 aromatic carbocycles. The summed E-state index contributed by atoms with van der Waals surface area (Å²) in [6, 6.07) is 8.93. The Morgan fingerprint density at radius 3 is 2.43 bits per heavy atom. The minimum Gasteiger partial charge on any atom is -0.480 e. The maximum atomic E-state index is 11.9. The molecule has 0 aliphatic rings. The summed E-state index contributed by atoms with van der Waals surface area (Å²) in [7, 11) is 0. The molecule has 1 rings (SSSR count). The first-order chi connectivity index (χ1) is 10.5. The maximum Gasteiger partial charge on any atom is 0.320 e. The Hall–Kier alpha value is -1.43. The van der Waals surface area contributed by atoms with Gasteiger partial charge in [-0.05, 0) is 25.3 Å². The van der Waals surface area contributed by atoms with Crippen molar-refractivity contribution < 1.29 is 19.4 Å². The van der Waals surface area contributed by atoms with Gasteiger partial charge in [0, 0.05) is 6.42 Å². The molecule has 130 valence electrons. The normalized spacial score (nSPS) is 13.0. The molecule has 1 aromatic rings. The van der Waals surface area contributed by atoms with Gasteiger partial charge < -0.3 is 15.6 Å². The molecular weight excluding hydrogens is 318 g/mol. The van der Waals surface area contributed by atoms with E-state index in [4.69, 9.17) is 15.6 Å². The minimum atomic E-state index is -0.973. The summed E-state index contributed by atoms with van der Waals surface area (Å²) < 4.78 is 5.57. The van der Waals surface area contributed by atoms with E-state index in [1.807, 2.05) is 30.3 Å². The van der Waals surface area contributed by atoms with Crippen LogP contribution in [0.2, 0.25) is 0 Å². The lowest BCUT2D eigenvalue weighted by Gasteiger charge is -2.12. The fourth-order valence-corrected chi connectivity index (χ4v) is 2.06. The molecule has 0 amide bonds. The molecule has 3 N–H and O–H groups in total. The number of carboxylic acids is 1. The van der Waals surface area contributed by atoms with Crippen LogP contribution in [0.25, 0.3) is 0 Å². The van der Waals surface area contributed by atoms with E-state index >= 15 is 0 Å². The molecule has 0 radical (unpaired) electrons. The van der Waals surface area contributed by atoms with Gasteiger partial charge in [-0.15, -0.1) is 12.4 Å². The van der Waals surface area contributed by atoms with Crippen molar-refractivity contribution in [1.29, 1.82) is 0 Å². The second-order valence-electron chi connectivity index (χ2n) is 5.45. The Kier molecular flexibility index (Phi) is 11.3. The van der Waals surface area contributed by atoms with E-state index in [1.165, 1.54) is 0 Å². The predicted molar refractivity (Wildman–Crippen MR) is 91.6 cm³/mol. The Morgan fingerprint density at radius 2 is 1.83 bits per heavy atom. The van der Waals surface area contributed by atoms with Crippen LogP contribution < -0.4 is 5.73 Å². The number of rotatable bonds is 11. The summed E-state index contributed by atoms with van der Waals surface area (Å²) in [5.41, 5.74) is 6.46. The number of aliphatic carboxylic acids is 1. The number of ether oxygens (including phenoxy) is 1. The topological polar surface area (TPSA) is 89.6 Å². The van der Waals surface area contributed by atoms with E-state index in [1.54, 1.807) is 6.92 Å². The van der Waals surface area contributed by atoms with Gasteiger partial charge in [0.2, 0.25) is 0 Å². The monoisotopic (exact) mass is 343 g/mol. The van der Waals surface area contributed by atoms with Crippen LogP contribution in [-0.2, 0) is 20.9 Å². The largest absolute Gasteiger partial charge is 0.480 e. The van der Waals surface area contributed by atoms with Crippen LogP contribution in [-0.4, -0.2) is 29.0 Å². The highest BCUT2D eigenvalue weighted by Crippen LogP contribution is 2.09. The van der Waals surface area contributed by atoms with Crippen LogP contribution in [0.1, 0.15) is 44.6 Å². The number of carbonyl (C=O) groups is 2. The SMILES string of the molecule is CC(OCc1ccccc1)C(=O)CCCCCC(N)C(=O)O.Cl. The Labute approximate surface area is 143 Å². The lowest BCUT2D eigenvalue weighted by atomic mass is 10.0. The van der Waals surface area contributed by atoms with Crippen molar-refractivity contribution in [3.05, 3.63) is 35.9 Å². The van der Waals surface area contributed by atoms with E-state index < -0.39 is 18.1 Å². The van der Waals surface area contributed by atoms with Gasteiger partial charge in [0.05, 0.1) is 6.61 Å². The zero-order valence-electron chi connectivity index (χ0n) is 13.4. The molecule has 23 heavy (non-hydrogen) atoms. The molecule has 0 aliphatic carbocycles. The number of ketones is 1. The Balaban J connectivity index is 0.00000484. The number of hydrogen-bond acceptors (Lipinski definition) is 4. The average molecular weight is 344 g/mol. The van der Waals surface area contributed by atoms with Crippen LogP contribution >= 0.6 is 12.4 Å². The number of nitrogens with two attached hydrogens (primary N) is 1. The minimum absolute atomic E-state index is 0. The molecule has 0 saturated heterocycles. The second-order valence-corrected chi connectivity index (χ2v) is 5.45. The van der Waals surface area contributed by atoms with Gasteiger partial charge in [0.15, 0.2) is 5.78 Å². The summed E-state index contributed by atoms with van der Waals surface area (Å²) in [4.78, 5) is 22.5. The summed E-state index contributed by atoms with van der Waals surface area (Å²) in [5, 5.41) is 8.66. The summed E-state index contributed by atoms with van der Waals surface area (Å²) in [5.74, 6) is -0.891. The average Bonchev–Trinajstić information content (AvgIpc) is 2.52. The molecule has 0 spiro atoms. The second kappa shape index (κ2) is 12.0. The fraction of sp³-hybridized carbons (Fsp3) is 0.529. The van der Waals surface area contributed by atoms with Crippen molar-refractivity contribution in [2.45, 2.75) is 57.8 Å². The highest BCUT2D eigenvalue weighted by atomic mass is 35.5. The molecule has 2 atom stereocenters. The van der Waals surface area contributed by atoms with Gasteiger partial charge in [-0.1, -0.05) is 43.2 Å². The Bertz CT molecular complexity index is 467. The zero-order valence-corrected chi connectivity index (χ0v) is 14.3. The number of carbonyl (C=O) groups excluding carboxylic acids is 1. The molecule has 0 bridgehead atoms. The zero-order chi connectivity index (χ0) is 16.4. The number of benzene rings is 1. The van der Waals surface area contributed by atoms with Gasteiger partial charge in [-0.25, -0.2) is 0 Å².